The summed E-state index contributed by atoms with van der Waals surface area (Å²) in [5, 5.41) is 5.32. The first-order valence-corrected chi connectivity index (χ1v) is 8.38. The zero-order chi connectivity index (χ0) is 18.8. The SMILES string of the molecule is C=C(CCN)CNc1ccc2c(c1)C(=O)N(C1CCC(=O)NC1=O)C2=O. The van der Waals surface area contributed by atoms with Crippen LogP contribution in [0.25, 0.3) is 0 Å². The smallest absolute Gasteiger partial charge is 0.262 e. The molecule has 1 atom stereocenters. The summed E-state index contributed by atoms with van der Waals surface area (Å²) in [4.78, 5) is 49.6. The van der Waals surface area contributed by atoms with E-state index in [1.54, 1.807) is 18.2 Å². The highest BCUT2D eigenvalue weighted by Crippen LogP contribution is 2.29. The van der Waals surface area contributed by atoms with E-state index in [2.05, 4.69) is 17.2 Å². The third-order valence-corrected chi connectivity index (χ3v) is 4.48. The van der Waals surface area contributed by atoms with Crippen LogP contribution in [0.1, 0.15) is 40.0 Å². The van der Waals surface area contributed by atoms with Crippen molar-refractivity contribution < 1.29 is 19.2 Å². The standard InChI is InChI=1S/C18H20N4O4/c1-10(6-7-19)9-20-11-2-3-12-13(8-11)18(26)22(17(12)25)14-4-5-15(23)21-16(14)24/h2-3,8,14,20H,1,4-7,9,19H2,(H,21,23,24). The number of nitrogens with zero attached hydrogens (tertiary/aromatic N) is 1. The fourth-order valence-corrected chi connectivity index (χ4v) is 3.10. The van der Waals surface area contributed by atoms with Gasteiger partial charge in [-0.25, -0.2) is 0 Å². The predicted molar refractivity (Wildman–Crippen MR) is 94.4 cm³/mol. The van der Waals surface area contributed by atoms with Crippen molar-refractivity contribution in [2.24, 2.45) is 5.73 Å². The molecular formula is C18H20N4O4. The Hall–Kier alpha value is -3.00. The van der Waals surface area contributed by atoms with E-state index in [1.807, 2.05) is 0 Å². The molecule has 1 unspecified atom stereocenters. The van der Waals surface area contributed by atoms with Gasteiger partial charge in [-0.15, -0.1) is 0 Å². The molecule has 2 aliphatic heterocycles. The molecule has 0 radical (unpaired) electrons. The first-order chi connectivity index (χ1) is 12.4. The second-order valence-electron chi connectivity index (χ2n) is 6.35. The number of benzene rings is 1. The fraction of sp³-hybridized carbons (Fsp3) is 0.333. The number of anilines is 1. The lowest BCUT2D eigenvalue weighted by molar-refractivity contribution is -0.136. The van der Waals surface area contributed by atoms with E-state index in [9.17, 15) is 19.2 Å². The average Bonchev–Trinajstić information content (AvgIpc) is 2.85. The largest absolute Gasteiger partial charge is 0.381 e. The molecule has 4 amide bonds. The number of piperidine rings is 1. The third kappa shape index (κ3) is 3.23. The van der Waals surface area contributed by atoms with Crippen LogP contribution in [-0.2, 0) is 9.59 Å². The number of nitrogens with two attached hydrogens (primary N) is 1. The Morgan fingerprint density at radius 3 is 2.65 bits per heavy atom. The van der Waals surface area contributed by atoms with Crippen LogP contribution in [0.4, 0.5) is 5.69 Å². The molecule has 1 aromatic carbocycles. The van der Waals surface area contributed by atoms with Crippen LogP contribution in [0, 0.1) is 0 Å². The molecule has 26 heavy (non-hydrogen) atoms. The van der Waals surface area contributed by atoms with Gasteiger partial charge in [-0.05, 0) is 37.6 Å². The maximum absolute atomic E-state index is 12.7. The second kappa shape index (κ2) is 7.09. The molecule has 1 saturated heterocycles. The highest BCUT2D eigenvalue weighted by Gasteiger charge is 2.44. The van der Waals surface area contributed by atoms with Crippen molar-refractivity contribution in [3.8, 4) is 0 Å². The zero-order valence-electron chi connectivity index (χ0n) is 14.2. The summed E-state index contributed by atoms with van der Waals surface area (Å²) in [6.45, 7) is 4.92. The van der Waals surface area contributed by atoms with Crippen LogP contribution in [-0.4, -0.2) is 47.7 Å². The highest BCUT2D eigenvalue weighted by molar-refractivity contribution is 6.23. The van der Waals surface area contributed by atoms with Crippen molar-refractivity contribution in [2.75, 3.05) is 18.4 Å². The summed E-state index contributed by atoms with van der Waals surface area (Å²) in [7, 11) is 0. The van der Waals surface area contributed by atoms with Crippen LogP contribution < -0.4 is 16.4 Å². The summed E-state index contributed by atoms with van der Waals surface area (Å²) >= 11 is 0. The van der Waals surface area contributed by atoms with Crippen LogP contribution >= 0.6 is 0 Å². The van der Waals surface area contributed by atoms with Gasteiger partial charge in [-0.1, -0.05) is 12.2 Å². The van der Waals surface area contributed by atoms with Crippen molar-refractivity contribution in [2.45, 2.75) is 25.3 Å². The fourth-order valence-electron chi connectivity index (χ4n) is 3.10. The molecule has 0 aliphatic carbocycles. The van der Waals surface area contributed by atoms with E-state index in [1.165, 1.54) is 0 Å². The number of hydrogen-bond donors (Lipinski definition) is 3. The summed E-state index contributed by atoms with van der Waals surface area (Å²) < 4.78 is 0. The summed E-state index contributed by atoms with van der Waals surface area (Å²) in [6.07, 6.45) is 0.929. The monoisotopic (exact) mass is 356 g/mol. The molecule has 136 valence electrons. The molecule has 1 aromatic rings. The number of fused-ring (bicyclic) bond motifs is 1. The minimum absolute atomic E-state index is 0.0971. The molecule has 0 aromatic heterocycles. The lowest BCUT2D eigenvalue weighted by Gasteiger charge is -2.27. The van der Waals surface area contributed by atoms with E-state index in [0.717, 1.165) is 10.5 Å². The number of imide groups is 2. The van der Waals surface area contributed by atoms with Crippen LogP contribution in [0.3, 0.4) is 0 Å². The third-order valence-electron chi connectivity index (χ3n) is 4.48. The van der Waals surface area contributed by atoms with Gasteiger partial charge in [-0.3, -0.25) is 29.4 Å². The Bertz CT molecular complexity index is 817. The summed E-state index contributed by atoms with van der Waals surface area (Å²) in [5.41, 5.74) is 7.59. The number of carbonyl (C=O) groups is 4. The Labute approximate surface area is 150 Å². The first kappa shape index (κ1) is 17.8. The van der Waals surface area contributed by atoms with Crippen molar-refractivity contribution >= 4 is 29.3 Å². The Kier molecular flexibility index (Phi) is 4.85. The van der Waals surface area contributed by atoms with Gasteiger partial charge in [0.15, 0.2) is 0 Å². The molecule has 8 heteroatoms. The lowest BCUT2D eigenvalue weighted by Crippen LogP contribution is -2.54. The average molecular weight is 356 g/mol. The maximum Gasteiger partial charge on any atom is 0.262 e. The molecule has 4 N–H and O–H groups in total. The van der Waals surface area contributed by atoms with E-state index in [0.29, 0.717) is 25.2 Å². The molecule has 0 spiro atoms. The van der Waals surface area contributed by atoms with Crippen LogP contribution in [0.2, 0.25) is 0 Å². The molecule has 3 rings (SSSR count). The van der Waals surface area contributed by atoms with Gasteiger partial charge >= 0.3 is 0 Å². The van der Waals surface area contributed by atoms with E-state index in [4.69, 9.17) is 5.73 Å². The molecular weight excluding hydrogens is 336 g/mol. The van der Waals surface area contributed by atoms with Gasteiger partial charge in [0.1, 0.15) is 6.04 Å². The Balaban J connectivity index is 1.78. The minimum atomic E-state index is -0.958. The van der Waals surface area contributed by atoms with Crippen molar-refractivity contribution in [1.29, 1.82) is 0 Å². The molecule has 0 saturated carbocycles. The normalized spacial score (nSPS) is 19.4. The van der Waals surface area contributed by atoms with Gasteiger partial charge in [0, 0.05) is 18.7 Å². The topological polar surface area (TPSA) is 122 Å². The van der Waals surface area contributed by atoms with Crippen LogP contribution in [0.5, 0.6) is 0 Å². The zero-order valence-corrected chi connectivity index (χ0v) is 14.2. The minimum Gasteiger partial charge on any atom is -0.381 e. The number of rotatable bonds is 6. The molecule has 0 bridgehead atoms. The molecule has 2 heterocycles. The Morgan fingerprint density at radius 2 is 1.96 bits per heavy atom. The van der Waals surface area contributed by atoms with Crippen LogP contribution in [0.15, 0.2) is 30.4 Å². The van der Waals surface area contributed by atoms with Gasteiger partial charge in [0.25, 0.3) is 11.8 Å². The molecule has 1 fully saturated rings. The van der Waals surface area contributed by atoms with Crippen molar-refractivity contribution in [1.82, 2.24) is 10.2 Å². The van der Waals surface area contributed by atoms with Gasteiger partial charge in [0.2, 0.25) is 11.8 Å². The predicted octanol–water partition coefficient (Wildman–Crippen LogP) is 0.405. The van der Waals surface area contributed by atoms with Gasteiger partial charge in [-0.2, -0.15) is 0 Å². The second-order valence-corrected chi connectivity index (χ2v) is 6.35. The first-order valence-electron chi connectivity index (χ1n) is 8.38. The molecule has 8 nitrogen and oxygen atoms in total. The summed E-state index contributed by atoms with van der Waals surface area (Å²) in [6, 6.07) is 3.90. The van der Waals surface area contributed by atoms with E-state index < -0.39 is 29.7 Å². The van der Waals surface area contributed by atoms with E-state index >= 15 is 0 Å². The highest BCUT2D eigenvalue weighted by atomic mass is 16.2. The Morgan fingerprint density at radius 1 is 1.23 bits per heavy atom. The molecule has 2 aliphatic rings. The summed E-state index contributed by atoms with van der Waals surface area (Å²) in [5.74, 6) is -2.05. The lowest BCUT2D eigenvalue weighted by atomic mass is 10.0. The maximum atomic E-state index is 12.7. The number of amides is 4. The number of carbonyl (C=O) groups excluding carboxylic acids is 4. The van der Waals surface area contributed by atoms with Crippen molar-refractivity contribution in [3.63, 3.8) is 0 Å². The van der Waals surface area contributed by atoms with Gasteiger partial charge < -0.3 is 11.1 Å². The number of hydrogen-bond acceptors (Lipinski definition) is 6. The van der Waals surface area contributed by atoms with Gasteiger partial charge in [0.05, 0.1) is 11.1 Å². The quantitative estimate of drug-likeness (QED) is 0.501. The number of nitrogens with one attached hydrogen (secondary N) is 2. The van der Waals surface area contributed by atoms with Crippen molar-refractivity contribution in [3.05, 3.63) is 41.5 Å². The van der Waals surface area contributed by atoms with E-state index in [-0.39, 0.29) is 24.0 Å².